The van der Waals surface area contributed by atoms with Gasteiger partial charge in [-0.3, -0.25) is 4.57 Å². The zero-order valence-corrected chi connectivity index (χ0v) is 12.5. The maximum Gasteiger partial charge on any atom is 0.182 e. The van der Waals surface area contributed by atoms with E-state index in [1.807, 2.05) is 18.2 Å². The maximum absolute atomic E-state index is 5.47. The Labute approximate surface area is 122 Å². The van der Waals surface area contributed by atoms with Crippen LogP contribution in [0, 0.1) is 18.6 Å². The SMILES string of the molecule is COc1ccc2[nH]c(=S)n(-c3ccc(C)cc3C)c2c1. The lowest BCUT2D eigenvalue weighted by molar-refractivity contribution is 0.415. The normalized spacial score (nSPS) is 10.9. The minimum atomic E-state index is 0.695. The van der Waals surface area contributed by atoms with E-state index in [1.54, 1.807) is 7.11 Å². The molecule has 4 heteroatoms. The van der Waals surface area contributed by atoms with Crippen molar-refractivity contribution in [2.45, 2.75) is 13.8 Å². The van der Waals surface area contributed by atoms with Crippen molar-refractivity contribution in [1.82, 2.24) is 9.55 Å². The molecule has 0 amide bonds. The number of nitrogens with one attached hydrogen (secondary N) is 1. The average Bonchev–Trinajstić information content (AvgIpc) is 2.74. The molecule has 3 nitrogen and oxygen atoms in total. The highest BCUT2D eigenvalue weighted by molar-refractivity contribution is 7.71. The van der Waals surface area contributed by atoms with E-state index >= 15 is 0 Å². The van der Waals surface area contributed by atoms with Gasteiger partial charge in [0.1, 0.15) is 5.75 Å². The van der Waals surface area contributed by atoms with Gasteiger partial charge in [-0.05, 0) is 49.8 Å². The Balaban J connectivity index is 2.34. The van der Waals surface area contributed by atoms with E-state index in [0.717, 1.165) is 22.5 Å². The molecule has 0 fully saturated rings. The van der Waals surface area contributed by atoms with Crippen LogP contribution in [0.25, 0.3) is 16.7 Å². The second-order valence-electron chi connectivity index (χ2n) is 4.94. The Morgan fingerprint density at radius 3 is 2.60 bits per heavy atom. The summed E-state index contributed by atoms with van der Waals surface area (Å²) in [5, 5.41) is 0. The number of benzene rings is 2. The van der Waals surface area contributed by atoms with Crippen LogP contribution in [0.3, 0.4) is 0 Å². The molecule has 1 N–H and O–H groups in total. The summed E-state index contributed by atoms with van der Waals surface area (Å²) in [6.07, 6.45) is 0. The number of fused-ring (bicyclic) bond motifs is 1. The summed E-state index contributed by atoms with van der Waals surface area (Å²) in [5.74, 6) is 0.824. The summed E-state index contributed by atoms with van der Waals surface area (Å²) in [4.78, 5) is 3.24. The molecule has 0 saturated heterocycles. The minimum absolute atomic E-state index is 0.695. The second kappa shape index (κ2) is 4.80. The zero-order chi connectivity index (χ0) is 14.3. The van der Waals surface area contributed by atoms with Crippen LogP contribution < -0.4 is 4.74 Å². The first-order valence-corrected chi connectivity index (χ1v) is 6.87. The van der Waals surface area contributed by atoms with Crippen molar-refractivity contribution in [3.8, 4) is 11.4 Å². The highest BCUT2D eigenvalue weighted by Gasteiger charge is 2.09. The van der Waals surface area contributed by atoms with E-state index in [1.165, 1.54) is 11.1 Å². The molecule has 0 aliphatic heterocycles. The maximum atomic E-state index is 5.47. The summed E-state index contributed by atoms with van der Waals surface area (Å²) in [5.41, 5.74) is 5.58. The monoisotopic (exact) mass is 284 g/mol. The Bertz CT molecular complexity index is 845. The Hall–Kier alpha value is -2.07. The van der Waals surface area contributed by atoms with Gasteiger partial charge in [-0.1, -0.05) is 17.7 Å². The number of rotatable bonds is 2. The van der Waals surface area contributed by atoms with Crippen molar-refractivity contribution >= 4 is 23.3 Å². The number of aryl methyl sites for hydroxylation is 2. The predicted molar refractivity (Wildman–Crippen MR) is 84.5 cm³/mol. The first-order chi connectivity index (χ1) is 9.60. The largest absolute Gasteiger partial charge is 0.497 e. The summed E-state index contributed by atoms with van der Waals surface area (Å²) in [7, 11) is 1.67. The molecule has 0 atom stereocenters. The molecule has 3 rings (SSSR count). The number of imidazole rings is 1. The van der Waals surface area contributed by atoms with E-state index in [-0.39, 0.29) is 0 Å². The first-order valence-electron chi connectivity index (χ1n) is 6.46. The molecule has 2 aromatic carbocycles. The molecular weight excluding hydrogens is 268 g/mol. The number of hydrogen-bond acceptors (Lipinski definition) is 2. The van der Waals surface area contributed by atoms with E-state index in [9.17, 15) is 0 Å². The van der Waals surface area contributed by atoms with E-state index < -0.39 is 0 Å². The highest BCUT2D eigenvalue weighted by Crippen LogP contribution is 2.25. The number of aromatic amines is 1. The topological polar surface area (TPSA) is 29.9 Å². The van der Waals surface area contributed by atoms with Gasteiger partial charge < -0.3 is 9.72 Å². The van der Waals surface area contributed by atoms with Crippen LogP contribution in [0.1, 0.15) is 11.1 Å². The van der Waals surface area contributed by atoms with Crippen molar-refractivity contribution in [1.29, 1.82) is 0 Å². The van der Waals surface area contributed by atoms with E-state index in [0.29, 0.717) is 4.77 Å². The number of nitrogens with zero attached hydrogens (tertiary/aromatic N) is 1. The van der Waals surface area contributed by atoms with Crippen LogP contribution >= 0.6 is 12.2 Å². The third-order valence-electron chi connectivity index (χ3n) is 3.48. The average molecular weight is 284 g/mol. The van der Waals surface area contributed by atoms with Crippen molar-refractivity contribution < 1.29 is 4.74 Å². The van der Waals surface area contributed by atoms with Crippen molar-refractivity contribution in [3.05, 3.63) is 52.3 Å². The van der Waals surface area contributed by atoms with Gasteiger partial charge in [0.2, 0.25) is 0 Å². The lowest BCUT2D eigenvalue weighted by Crippen LogP contribution is -1.97. The molecule has 0 aliphatic rings. The molecule has 1 heterocycles. The van der Waals surface area contributed by atoms with Crippen LogP contribution in [-0.4, -0.2) is 16.7 Å². The molecule has 3 aromatic rings. The van der Waals surface area contributed by atoms with Crippen molar-refractivity contribution in [3.63, 3.8) is 0 Å². The number of H-pyrrole nitrogens is 1. The van der Waals surface area contributed by atoms with Crippen LogP contribution in [0.4, 0.5) is 0 Å². The zero-order valence-electron chi connectivity index (χ0n) is 11.7. The molecule has 0 unspecified atom stereocenters. The van der Waals surface area contributed by atoms with Gasteiger partial charge in [0, 0.05) is 6.07 Å². The fourth-order valence-electron chi connectivity index (χ4n) is 2.51. The summed E-state index contributed by atoms with van der Waals surface area (Å²) >= 11 is 5.47. The van der Waals surface area contributed by atoms with Gasteiger partial charge >= 0.3 is 0 Å². The number of methoxy groups -OCH3 is 1. The molecular formula is C16H16N2OS. The summed E-state index contributed by atoms with van der Waals surface area (Å²) in [6, 6.07) is 12.3. The predicted octanol–water partition coefficient (Wildman–Crippen LogP) is 4.31. The number of ether oxygens (including phenoxy) is 1. The standard InChI is InChI=1S/C16H16N2OS/c1-10-4-7-14(11(2)8-10)18-15-9-12(19-3)5-6-13(15)17-16(18)20/h4-9H,1-3H3,(H,17,20). The first kappa shape index (κ1) is 12.9. The van der Waals surface area contributed by atoms with Crippen LogP contribution in [0.2, 0.25) is 0 Å². The third kappa shape index (κ3) is 2.02. The quantitative estimate of drug-likeness (QED) is 0.710. The number of aromatic nitrogens is 2. The fraction of sp³-hybridized carbons (Fsp3) is 0.188. The van der Waals surface area contributed by atoms with E-state index in [2.05, 4.69) is 41.6 Å². The molecule has 102 valence electrons. The molecule has 1 aromatic heterocycles. The summed E-state index contributed by atoms with van der Waals surface area (Å²) < 4.78 is 8.06. The number of hydrogen-bond donors (Lipinski definition) is 1. The Morgan fingerprint density at radius 1 is 1.10 bits per heavy atom. The molecule has 0 bridgehead atoms. The highest BCUT2D eigenvalue weighted by atomic mass is 32.1. The van der Waals surface area contributed by atoms with Crippen molar-refractivity contribution in [2.24, 2.45) is 0 Å². The Kier molecular flexibility index (Phi) is 3.10. The van der Waals surface area contributed by atoms with E-state index in [4.69, 9.17) is 17.0 Å². The molecule has 0 saturated carbocycles. The van der Waals surface area contributed by atoms with Gasteiger partial charge in [-0.2, -0.15) is 0 Å². The smallest absolute Gasteiger partial charge is 0.182 e. The van der Waals surface area contributed by atoms with Crippen LogP contribution in [0.5, 0.6) is 5.75 Å². The molecule has 0 aliphatic carbocycles. The minimum Gasteiger partial charge on any atom is -0.497 e. The Morgan fingerprint density at radius 2 is 1.90 bits per heavy atom. The lowest BCUT2D eigenvalue weighted by Gasteiger charge is -2.10. The fourth-order valence-corrected chi connectivity index (χ4v) is 2.81. The van der Waals surface area contributed by atoms with Gasteiger partial charge in [-0.15, -0.1) is 0 Å². The second-order valence-corrected chi connectivity index (χ2v) is 5.33. The summed E-state index contributed by atoms with van der Waals surface area (Å²) in [6.45, 7) is 4.19. The third-order valence-corrected chi connectivity index (χ3v) is 3.77. The molecule has 0 radical (unpaired) electrons. The van der Waals surface area contributed by atoms with Gasteiger partial charge in [0.05, 0.1) is 23.8 Å². The molecule has 20 heavy (non-hydrogen) atoms. The van der Waals surface area contributed by atoms with Crippen LogP contribution in [-0.2, 0) is 0 Å². The van der Waals surface area contributed by atoms with Gasteiger partial charge in [-0.25, -0.2) is 0 Å². The van der Waals surface area contributed by atoms with Crippen molar-refractivity contribution in [2.75, 3.05) is 7.11 Å². The van der Waals surface area contributed by atoms with Gasteiger partial charge in [0.15, 0.2) is 4.77 Å². The van der Waals surface area contributed by atoms with Crippen LogP contribution in [0.15, 0.2) is 36.4 Å². The van der Waals surface area contributed by atoms with Gasteiger partial charge in [0.25, 0.3) is 0 Å². The lowest BCUT2D eigenvalue weighted by atomic mass is 10.1. The molecule has 0 spiro atoms.